The molecule has 0 aliphatic rings. The van der Waals surface area contributed by atoms with Crippen molar-refractivity contribution in [2.75, 3.05) is 17.2 Å². The molecule has 7 nitrogen and oxygen atoms in total. The molecule has 0 aliphatic carbocycles. The highest BCUT2D eigenvalue weighted by atomic mass is 16.5. The zero-order valence-corrected chi connectivity index (χ0v) is 10.7. The quantitative estimate of drug-likeness (QED) is 0.829. The second kappa shape index (κ2) is 5.44. The summed E-state index contributed by atoms with van der Waals surface area (Å²) in [5.41, 5.74) is 0.972. The van der Waals surface area contributed by atoms with Crippen LogP contribution in [0.15, 0.2) is 10.9 Å². The fraction of sp³-hybridized carbons (Fsp3) is 0.455. The molecule has 2 N–H and O–H groups in total. The summed E-state index contributed by atoms with van der Waals surface area (Å²) in [7, 11) is 0. The van der Waals surface area contributed by atoms with E-state index in [0.29, 0.717) is 18.3 Å². The zero-order chi connectivity index (χ0) is 13.0. The van der Waals surface area contributed by atoms with Crippen LogP contribution in [0.25, 0.3) is 0 Å². The second-order valence-electron chi connectivity index (χ2n) is 3.81. The summed E-state index contributed by atoms with van der Waals surface area (Å²) in [5.74, 6) is 2.76. The van der Waals surface area contributed by atoms with Gasteiger partial charge in [0.25, 0.3) is 0 Å². The van der Waals surface area contributed by atoms with E-state index in [9.17, 15) is 0 Å². The highest BCUT2D eigenvalue weighted by Crippen LogP contribution is 2.18. The minimum absolute atomic E-state index is 0.473. The maximum absolute atomic E-state index is 4.90. The number of hydrogen-bond acceptors (Lipinski definition) is 7. The van der Waals surface area contributed by atoms with Gasteiger partial charge in [0.1, 0.15) is 18.0 Å². The van der Waals surface area contributed by atoms with E-state index in [2.05, 4.69) is 30.7 Å². The Morgan fingerprint density at radius 3 is 2.50 bits per heavy atom. The molecule has 96 valence electrons. The van der Waals surface area contributed by atoms with Crippen LogP contribution in [0.3, 0.4) is 0 Å². The Kier molecular flexibility index (Phi) is 3.71. The molecule has 0 bridgehead atoms. The highest BCUT2D eigenvalue weighted by Gasteiger charge is 2.07. The predicted octanol–water partition coefficient (Wildman–Crippen LogP) is 1.52. The van der Waals surface area contributed by atoms with Crippen molar-refractivity contribution in [3.05, 3.63) is 23.6 Å². The van der Waals surface area contributed by atoms with Crippen LogP contribution in [-0.2, 0) is 6.54 Å². The molecule has 2 aromatic heterocycles. The maximum atomic E-state index is 4.90. The van der Waals surface area contributed by atoms with Crippen LogP contribution in [0.4, 0.5) is 11.6 Å². The summed E-state index contributed by atoms with van der Waals surface area (Å²) in [5, 5.41) is 10.2. The van der Waals surface area contributed by atoms with Gasteiger partial charge in [-0.3, -0.25) is 0 Å². The molecule has 2 aromatic rings. The summed E-state index contributed by atoms with van der Waals surface area (Å²) in [6.07, 6.45) is 1.52. The molecule has 0 saturated heterocycles. The van der Waals surface area contributed by atoms with Crippen LogP contribution >= 0.6 is 0 Å². The summed E-state index contributed by atoms with van der Waals surface area (Å²) < 4.78 is 4.90. The molecule has 0 amide bonds. The molecule has 0 saturated carbocycles. The molecule has 0 atom stereocenters. The van der Waals surface area contributed by atoms with Gasteiger partial charge in [0.2, 0.25) is 5.89 Å². The lowest BCUT2D eigenvalue weighted by atomic mass is 10.3. The fourth-order valence-electron chi connectivity index (χ4n) is 1.55. The molecule has 2 heterocycles. The molecule has 0 aromatic carbocycles. The van der Waals surface area contributed by atoms with Crippen LogP contribution in [-0.4, -0.2) is 26.7 Å². The van der Waals surface area contributed by atoms with Crippen molar-refractivity contribution in [1.29, 1.82) is 0 Å². The van der Waals surface area contributed by atoms with Gasteiger partial charge in [0, 0.05) is 19.0 Å². The number of aryl methyl sites for hydroxylation is 1. The molecule has 0 spiro atoms. The first-order chi connectivity index (χ1) is 8.70. The van der Waals surface area contributed by atoms with Gasteiger partial charge in [-0.1, -0.05) is 5.16 Å². The van der Waals surface area contributed by atoms with Gasteiger partial charge in [0.05, 0.1) is 6.54 Å². The number of aromatic nitrogens is 4. The van der Waals surface area contributed by atoms with Crippen LogP contribution in [0.1, 0.15) is 24.2 Å². The second-order valence-corrected chi connectivity index (χ2v) is 3.81. The third-order valence-electron chi connectivity index (χ3n) is 2.41. The van der Waals surface area contributed by atoms with Gasteiger partial charge in [-0.15, -0.1) is 0 Å². The van der Waals surface area contributed by atoms with Gasteiger partial charge in [-0.05, 0) is 13.8 Å². The lowest BCUT2D eigenvalue weighted by Crippen LogP contribution is -2.08. The SMILES string of the molecule is CCNc1ncnc(NCc2noc(C)n2)c1C. The zero-order valence-electron chi connectivity index (χ0n) is 10.7. The summed E-state index contributed by atoms with van der Waals surface area (Å²) in [6.45, 7) is 7.04. The average molecular weight is 248 g/mol. The van der Waals surface area contributed by atoms with E-state index in [1.54, 1.807) is 6.92 Å². The molecule has 0 unspecified atom stereocenters. The van der Waals surface area contributed by atoms with Crippen molar-refractivity contribution in [2.45, 2.75) is 27.3 Å². The van der Waals surface area contributed by atoms with Gasteiger partial charge in [0.15, 0.2) is 5.82 Å². The Bertz CT molecular complexity index is 524. The van der Waals surface area contributed by atoms with Gasteiger partial charge in [-0.25, -0.2) is 9.97 Å². The first-order valence-electron chi connectivity index (χ1n) is 5.79. The lowest BCUT2D eigenvalue weighted by molar-refractivity contribution is 0.388. The fourth-order valence-corrected chi connectivity index (χ4v) is 1.55. The van der Waals surface area contributed by atoms with Crippen LogP contribution in [0.2, 0.25) is 0 Å². The predicted molar refractivity (Wildman–Crippen MR) is 67.3 cm³/mol. The van der Waals surface area contributed by atoms with E-state index in [-0.39, 0.29) is 0 Å². The molecule has 0 radical (unpaired) electrons. The molecular formula is C11H16N6O. The van der Waals surface area contributed by atoms with Crippen LogP contribution < -0.4 is 10.6 Å². The lowest BCUT2D eigenvalue weighted by Gasteiger charge is -2.10. The molecular weight excluding hydrogens is 232 g/mol. The van der Waals surface area contributed by atoms with Gasteiger partial charge in [-0.2, -0.15) is 4.98 Å². The Hall–Kier alpha value is -2.18. The van der Waals surface area contributed by atoms with Crippen molar-refractivity contribution < 1.29 is 4.52 Å². The first kappa shape index (κ1) is 12.3. The number of anilines is 2. The van der Waals surface area contributed by atoms with Crippen molar-refractivity contribution in [3.63, 3.8) is 0 Å². The van der Waals surface area contributed by atoms with Crippen molar-refractivity contribution in [3.8, 4) is 0 Å². The van der Waals surface area contributed by atoms with Crippen molar-refractivity contribution in [2.24, 2.45) is 0 Å². The third-order valence-corrected chi connectivity index (χ3v) is 2.41. The monoisotopic (exact) mass is 248 g/mol. The van der Waals surface area contributed by atoms with Gasteiger partial charge >= 0.3 is 0 Å². The van der Waals surface area contributed by atoms with E-state index in [1.807, 2.05) is 13.8 Å². The number of rotatable bonds is 5. The Balaban J connectivity index is 2.07. The molecule has 2 rings (SSSR count). The van der Waals surface area contributed by atoms with Gasteiger partial charge < -0.3 is 15.2 Å². The van der Waals surface area contributed by atoms with Crippen molar-refractivity contribution in [1.82, 2.24) is 20.1 Å². The third kappa shape index (κ3) is 2.73. The number of hydrogen-bond donors (Lipinski definition) is 2. The topological polar surface area (TPSA) is 88.8 Å². The standard InChI is InChI=1S/C11H16N6O/c1-4-12-10-7(2)11(15-6-14-10)13-5-9-16-8(3)18-17-9/h6H,4-5H2,1-3H3,(H2,12,13,14,15). The van der Waals surface area contributed by atoms with E-state index < -0.39 is 0 Å². The van der Waals surface area contributed by atoms with E-state index in [4.69, 9.17) is 4.52 Å². The van der Waals surface area contributed by atoms with Crippen LogP contribution in [0.5, 0.6) is 0 Å². The molecule has 7 heteroatoms. The normalized spacial score (nSPS) is 10.4. The minimum atomic E-state index is 0.473. The summed E-state index contributed by atoms with van der Waals surface area (Å²) >= 11 is 0. The Morgan fingerprint density at radius 1 is 1.17 bits per heavy atom. The smallest absolute Gasteiger partial charge is 0.223 e. The Labute approximate surface area is 105 Å². The maximum Gasteiger partial charge on any atom is 0.223 e. The number of nitrogens with one attached hydrogen (secondary N) is 2. The first-order valence-corrected chi connectivity index (χ1v) is 5.79. The largest absolute Gasteiger partial charge is 0.370 e. The summed E-state index contributed by atoms with van der Waals surface area (Å²) in [6, 6.07) is 0. The van der Waals surface area contributed by atoms with E-state index in [0.717, 1.165) is 23.7 Å². The molecule has 0 fully saturated rings. The van der Waals surface area contributed by atoms with Crippen LogP contribution in [0, 0.1) is 13.8 Å². The molecule has 0 aliphatic heterocycles. The average Bonchev–Trinajstić information content (AvgIpc) is 2.77. The van der Waals surface area contributed by atoms with E-state index in [1.165, 1.54) is 6.33 Å². The van der Waals surface area contributed by atoms with E-state index >= 15 is 0 Å². The number of nitrogens with zero attached hydrogens (tertiary/aromatic N) is 4. The minimum Gasteiger partial charge on any atom is -0.370 e. The molecule has 18 heavy (non-hydrogen) atoms. The summed E-state index contributed by atoms with van der Waals surface area (Å²) in [4.78, 5) is 12.5. The highest BCUT2D eigenvalue weighted by molar-refractivity contribution is 5.56. The van der Waals surface area contributed by atoms with Crippen molar-refractivity contribution >= 4 is 11.6 Å². The Morgan fingerprint density at radius 2 is 1.89 bits per heavy atom.